The molecule has 2 atom stereocenters. The number of nitrogens with one attached hydrogen (secondary N) is 2. The normalized spacial score (nSPS) is 39.5. The Kier molecular flexibility index (Phi) is 2.32. The molecule has 0 amide bonds. The molecule has 0 saturated carbocycles. The highest BCUT2D eigenvalue weighted by Crippen LogP contribution is 2.11. The maximum absolute atomic E-state index is 3.52. The molecule has 0 unspecified atom stereocenters. The Labute approximate surface area is 73.9 Å². The second kappa shape index (κ2) is 3.30. The van der Waals surface area contributed by atoms with Crippen molar-refractivity contribution in [2.24, 2.45) is 0 Å². The predicted molar refractivity (Wildman–Crippen MR) is 48.8 cm³/mol. The van der Waals surface area contributed by atoms with Crippen molar-refractivity contribution >= 4 is 0 Å². The lowest BCUT2D eigenvalue weighted by molar-refractivity contribution is 0.00207. The molecule has 2 fully saturated rings. The van der Waals surface area contributed by atoms with E-state index in [1.165, 1.54) is 0 Å². The van der Waals surface area contributed by atoms with E-state index in [9.17, 15) is 0 Å². The molecular formula is C8H18N4. The standard InChI is InChI=1S/C8H18N4/c1-11-5-6-12(2)8-7(11)9-3-4-10-8/h7-10H,3-6H2,1-2H3/t7-,8-/m1/s1. The van der Waals surface area contributed by atoms with Crippen molar-refractivity contribution in [1.29, 1.82) is 0 Å². The molecule has 4 heteroatoms. The van der Waals surface area contributed by atoms with Crippen LogP contribution in [0.15, 0.2) is 0 Å². The van der Waals surface area contributed by atoms with Crippen LogP contribution in [0.3, 0.4) is 0 Å². The third-order valence-electron chi connectivity index (χ3n) is 2.89. The summed E-state index contributed by atoms with van der Waals surface area (Å²) in [6.07, 6.45) is 0.995. The van der Waals surface area contributed by atoms with Gasteiger partial charge in [0, 0.05) is 26.2 Å². The SMILES string of the molecule is CN1CCN(C)[C@H]2NCCN[C@@H]21. The zero-order valence-electron chi connectivity index (χ0n) is 7.88. The summed E-state index contributed by atoms with van der Waals surface area (Å²) in [4.78, 5) is 4.77. The lowest BCUT2D eigenvalue weighted by atomic mass is 10.2. The van der Waals surface area contributed by atoms with Gasteiger partial charge in [-0.05, 0) is 14.1 Å². The predicted octanol–water partition coefficient (Wildman–Crippen LogP) is -1.29. The second-order valence-electron chi connectivity index (χ2n) is 3.76. The minimum Gasteiger partial charge on any atom is -0.298 e. The second-order valence-corrected chi connectivity index (χ2v) is 3.76. The van der Waals surface area contributed by atoms with Gasteiger partial charge >= 0.3 is 0 Å². The summed E-state index contributed by atoms with van der Waals surface area (Å²) in [5, 5.41) is 7.05. The quantitative estimate of drug-likeness (QED) is 0.473. The van der Waals surface area contributed by atoms with Gasteiger partial charge in [0.15, 0.2) is 0 Å². The number of rotatable bonds is 0. The maximum Gasteiger partial charge on any atom is 0.0892 e. The summed E-state index contributed by atoms with van der Waals surface area (Å²) in [5.41, 5.74) is 0. The Morgan fingerprint density at radius 1 is 0.917 bits per heavy atom. The van der Waals surface area contributed by atoms with Crippen LogP contribution in [0.2, 0.25) is 0 Å². The molecule has 12 heavy (non-hydrogen) atoms. The Morgan fingerprint density at radius 2 is 1.33 bits per heavy atom. The van der Waals surface area contributed by atoms with Gasteiger partial charge in [0.05, 0.1) is 12.3 Å². The molecule has 0 radical (unpaired) electrons. The van der Waals surface area contributed by atoms with Gasteiger partial charge < -0.3 is 0 Å². The fourth-order valence-corrected chi connectivity index (χ4v) is 2.05. The highest BCUT2D eigenvalue weighted by atomic mass is 15.4. The van der Waals surface area contributed by atoms with Crippen LogP contribution < -0.4 is 10.6 Å². The van der Waals surface area contributed by atoms with Crippen LogP contribution in [0.1, 0.15) is 0 Å². The highest BCUT2D eigenvalue weighted by molar-refractivity contribution is 4.88. The summed E-state index contributed by atoms with van der Waals surface area (Å²) in [6.45, 7) is 4.48. The highest BCUT2D eigenvalue weighted by Gasteiger charge is 2.33. The zero-order chi connectivity index (χ0) is 8.55. The molecular weight excluding hydrogens is 152 g/mol. The zero-order valence-corrected chi connectivity index (χ0v) is 7.88. The fraction of sp³-hybridized carbons (Fsp3) is 1.00. The first-order valence-corrected chi connectivity index (χ1v) is 4.66. The minimum absolute atomic E-state index is 0.498. The minimum atomic E-state index is 0.498. The van der Waals surface area contributed by atoms with Crippen molar-refractivity contribution in [3.8, 4) is 0 Å². The largest absolute Gasteiger partial charge is 0.298 e. The van der Waals surface area contributed by atoms with E-state index in [0.29, 0.717) is 12.3 Å². The summed E-state index contributed by atoms with van der Waals surface area (Å²) in [6, 6.07) is 0. The van der Waals surface area contributed by atoms with E-state index < -0.39 is 0 Å². The number of hydrogen-bond acceptors (Lipinski definition) is 4. The number of nitrogens with zero attached hydrogens (tertiary/aromatic N) is 2. The monoisotopic (exact) mass is 170 g/mol. The molecule has 70 valence electrons. The van der Waals surface area contributed by atoms with Gasteiger partial charge in [-0.3, -0.25) is 20.4 Å². The van der Waals surface area contributed by atoms with E-state index in [1.54, 1.807) is 0 Å². The van der Waals surface area contributed by atoms with Gasteiger partial charge in [0.1, 0.15) is 0 Å². The maximum atomic E-state index is 3.52. The molecule has 0 aromatic carbocycles. The molecule has 0 bridgehead atoms. The van der Waals surface area contributed by atoms with Crippen LogP contribution in [-0.4, -0.2) is 62.4 Å². The van der Waals surface area contributed by atoms with Crippen molar-refractivity contribution in [3.63, 3.8) is 0 Å². The molecule has 2 aliphatic heterocycles. The summed E-state index contributed by atoms with van der Waals surface area (Å²) < 4.78 is 0. The van der Waals surface area contributed by atoms with Crippen LogP contribution in [-0.2, 0) is 0 Å². The van der Waals surface area contributed by atoms with Crippen LogP contribution in [0.4, 0.5) is 0 Å². The van der Waals surface area contributed by atoms with Crippen molar-refractivity contribution in [2.45, 2.75) is 12.3 Å². The molecule has 4 nitrogen and oxygen atoms in total. The Balaban J connectivity index is 2.05. The first-order valence-electron chi connectivity index (χ1n) is 4.66. The van der Waals surface area contributed by atoms with Crippen molar-refractivity contribution < 1.29 is 0 Å². The molecule has 2 N–H and O–H groups in total. The van der Waals surface area contributed by atoms with Gasteiger partial charge in [-0.1, -0.05) is 0 Å². The molecule has 2 heterocycles. The van der Waals surface area contributed by atoms with Crippen LogP contribution in [0.25, 0.3) is 0 Å². The lowest BCUT2D eigenvalue weighted by Gasteiger charge is -2.47. The third kappa shape index (κ3) is 1.35. The van der Waals surface area contributed by atoms with Crippen LogP contribution >= 0.6 is 0 Å². The van der Waals surface area contributed by atoms with Crippen LogP contribution in [0.5, 0.6) is 0 Å². The fourth-order valence-electron chi connectivity index (χ4n) is 2.05. The van der Waals surface area contributed by atoms with E-state index in [0.717, 1.165) is 26.2 Å². The van der Waals surface area contributed by atoms with Crippen molar-refractivity contribution in [2.75, 3.05) is 40.3 Å². The number of fused-ring (bicyclic) bond motifs is 1. The smallest absolute Gasteiger partial charge is 0.0892 e. The Bertz CT molecular complexity index is 143. The van der Waals surface area contributed by atoms with E-state index in [-0.39, 0.29) is 0 Å². The molecule has 0 spiro atoms. The lowest BCUT2D eigenvalue weighted by Crippen LogP contribution is -2.71. The van der Waals surface area contributed by atoms with E-state index in [2.05, 4.69) is 34.5 Å². The molecule has 0 aromatic rings. The molecule has 0 aliphatic carbocycles. The molecule has 2 rings (SSSR count). The molecule has 2 aliphatic rings. The van der Waals surface area contributed by atoms with Gasteiger partial charge in [0.2, 0.25) is 0 Å². The average molecular weight is 170 g/mol. The summed E-state index contributed by atoms with van der Waals surface area (Å²) >= 11 is 0. The number of likely N-dealkylation sites (N-methyl/N-ethyl adjacent to an activating group) is 2. The topological polar surface area (TPSA) is 30.5 Å². The Hall–Kier alpha value is -0.160. The van der Waals surface area contributed by atoms with Gasteiger partial charge in [0.25, 0.3) is 0 Å². The summed E-state index contributed by atoms with van der Waals surface area (Å²) in [7, 11) is 4.37. The summed E-state index contributed by atoms with van der Waals surface area (Å²) in [5.74, 6) is 0. The van der Waals surface area contributed by atoms with Gasteiger partial charge in [-0.25, -0.2) is 0 Å². The first-order chi connectivity index (χ1) is 5.79. The molecule has 2 saturated heterocycles. The van der Waals surface area contributed by atoms with Crippen molar-refractivity contribution in [1.82, 2.24) is 20.4 Å². The van der Waals surface area contributed by atoms with Gasteiger partial charge in [-0.15, -0.1) is 0 Å². The number of piperazine rings is 2. The third-order valence-corrected chi connectivity index (χ3v) is 2.89. The first kappa shape index (κ1) is 8.44. The van der Waals surface area contributed by atoms with Gasteiger partial charge in [-0.2, -0.15) is 0 Å². The Morgan fingerprint density at radius 3 is 1.75 bits per heavy atom. The van der Waals surface area contributed by atoms with E-state index in [1.807, 2.05) is 0 Å². The number of hydrogen-bond donors (Lipinski definition) is 2. The van der Waals surface area contributed by atoms with E-state index in [4.69, 9.17) is 0 Å². The molecule has 0 aromatic heterocycles. The van der Waals surface area contributed by atoms with Crippen LogP contribution in [0, 0.1) is 0 Å². The average Bonchev–Trinajstić information content (AvgIpc) is 2.12. The van der Waals surface area contributed by atoms with Crippen molar-refractivity contribution in [3.05, 3.63) is 0 Å². The van der Waals surface area contributed by atoms with E-state index >= 15 is 0 Å².